The molecule has 0 fully saturated rings. The number of hydrogen-bond donors (Lipinski definition) is 2. The van der Waals surface area contributed by atoms with Crippen molar-refractivity contribution in [2.45, 2.75) is 32.2 Å². The molecule has 2 N–H and O–H groups in total. The Morgan fingerprint density at radius 3 is 2.29 bits per heavy atom. The zero-order valence-corrected chi connectivity index (χ0v) is 18.2. The van der Waals surface area contributed by atoms with Crippen LogP contribution in [-0.4, -0.2) is 25.7 Å². The molecule has 4 heteroatoms. The lowest BCUT2D eigenvalue weighted by Gasteiger charge is -2.30. The third-order valence-corrected chi connectivity index (χ3v) is 5.98. The van der Waals surface area contributed by atoms with Crippen molar-refractivity contribution in [2.24, 2.45) is 0 Å². The van der Waals surface area contributed by atoms with Gasteiger partial charge in [-0.2, -0.15) is 0 Å². The second kappa shape index (κ2) is 10.2. The third-order valence-electron chi connectivity index (χ3n) is 5.98. The third kappa shape index (κ3) is 5.26. The van der Waals surface area contributed by atoms with Gasteiger partial charge in [-0.3, -0.25) is 0 Å². The highest BCUT2D eigenvalue weighted by atomic mass is 16.2. The fourth-order valence-corrected chi connectivity index (χ4v) is 4.36. The molecule has 2 amide bonds. The Bertz CT molecular complexity index is 948. The predicted octanol–water partition coefficient (Wildman–Crippen LogP) is 5.09. The number of hydrogen-bond acceptors (Lipinski definition) is 2. The van der Waals surface area contributed by atoms with Crippen molar-refractivity contribution in [3.05, 3.63) is 101 Å². The summed E-state index contributed by atoms with van der Waals surface area (Å²) < 4.78 is 0. The standard InChI is InChI=1S/C27H31N3O/c1-2-30-19-9-14-24-20-21(15-16-25(24)30)17-18-28-27(31)29-26(22-10-5-3-6-11-22)23-12-7-4-8-13-23/h3-8,10-13,15-16,20,26H,2,9,14,17-19H2,1H3,(H2,28,29,31). The van der Waals surface area contributed by atoms with Crippen LogP contribution in [0.3, 0.4) is 0 Å². The van der Waals surface area contributed by atoms with Gasteiger partial charge in [0, 0.05) is 25.3 Å². The topological polar surface area (TPSA) is 44.4 Å². The smallest absolute Gasteiger partial charge is 0.315 e. The molecule has 4 rings (SSSR count). The second-order valence-electron chi connectivity index (χ2n) is 8.05. The van der Waals surface area contributed by atoms with Crippen LogP contribution in [0, 0.1) is 0 Å². The van der Waals surface area contributed by atoms with Crippen LogP contribution in [0.5, 0.6) is 0 Å². The maximum atomic E-state index is 12.7. The maximum Gasteiger partial charge on any atom is 0.315 e. The second-order valence-corrected chi connectivity index (χ2v) is 8.05. The molecule has 1 heterocycles. The van der Waals surface area contributed by atoms with Gasteiger partial charge in [0.1, 0.15) is 0 Å². The number of urea groups is 1. The van der Waals surface area contributed by atoms with Gasteiger partial charge in [0.2, 0.25) is 0 Å². The van der Waals surface area contributed by atoms with Gasteiger partial charge in [-0.25, -0.2) is 4.79 Å². The molecule has 0 spiro atoms. The van der Waals surface area contributed by atoms with Crippen LogP contribution in [0.25, 0.3) is 0 Å². The molecular weight excluding hydrogens is 382 g/mol. The summed E-state index contributed by atoms with van der Waals surface area (Å²) in [5.74, 6) is 0. The zero-order chi connectivity index (χ0) is 21.5. The monoisotopic (exact) mass is 413 g/mol. The minimum Gasteiger partial charge on any atom is -0.372 e. The van der Waals surface area contributed by atoms with Crippen molar-refractivity contribution in [2.75, 3.05) is 24.5 Å². The highest BCUT2D eigenvalue weighted by molar-refractivity contribution is 5.75. The van der Waals surface area contributed by atoms with Crippen molar-refractivity contribution in [3.8, 4) is 0 Å². The van der Waals surface area contributed by atoms with Crippen LogP contribution >= 0.6 is 0 Å². The van der Waals surface area contributed by atoms with Gasteiger partial charge in [-0.1, -0.05) is 72.8 Å². The molecule has 0 atom stereocenters. The van der Waals surface area contributed by atoms with Crippen molar-refractivity contribution < 1.29 is 4.79 Å². The Kier molecular flexibility index (Phi) is 6.88. The summed E-state index contributed by atoms with van der Waals surface area (Å²) in [7, 11) is 0. The van der Waals surface area contributed by atoms with Gasteiger partial charge >= 0.3 is 6.03 Å². The van der Waals surface area contributed by atoms with E-state index in [-0.39, 0.29) is 12.1 Å². The van der Waals surface area contributed by atoms with Crippen LogP contribution in [0.2, 0.25) is 0 Å². The minimum absolute atomic E-state index is 0.146. The summed E-state index contributed by atoms with van der Waals surface area (Å²) in [6.07, 6.45) is 3.18. The average Bonchev–Trinajstić information content (AvgIpc) is 2.83. The van der Waals surface area contributed by atoms with Gasteiger partial charge in [-0.05, 0) is 54.5 Å². The fourth-order valence-electron chi connectivity index (χ4n) is 4.36. The summed E-state index contributed by atoms with van der Waals surface area (Å²) in [6, 6.07) is 26.6. The van der Waals surface area contributed by atoms with E-state index in [1.165, 1.54) is 23.2 Å². The number of carbonyl (C=O) groups excluding carboxylic acids is 1. The molecule has 0 aromatic heterocycles. The van der Waals surface area contributed by atoms with Gasteiger partial charge in [0.25, 0.3) is 0 Å². The van der Waals surface area contributed by atoms with Crippen LogP contribution in [0.1, 0.15) is 41.6 Å². The number of nitrogens with one attached hydrogen (secondary N) is 2. The summed E-state index contributed by atoms with van der Waals surface area (Å²) in [6.45, 7) is 5.02. The van der Waals surface area contributed by atoms with E-state index in [9.17, 15) is 4.79 Å². The lowest BCUT2D eigenvalue weighted by Crippen LogP contribution is -2.39. The summed E-state index contributed by atoms with van der Waals surface area (Å²) in [4.78, 5) is 15.1. The Labute approximate surface area is 185 Å². The molecule has 160 valence electrons. The van der Waals surface area contributed by atoms with Gasteiger partial charge in [0.05, 0.1) is 6.04 Å². The molecule has 4 nitrogen and oxygen atoms in total. The number of benzene rings is 3. The molecule has 0 bridgehead atoms. The molecule has 0 radical (unpaired) electrons. The van der Waals surface area contributed by atoms with E-state index in [1.54, 1.807) is 0 Å². The van der Waals surface area contributed by atoms with E-state index in [0.29, 0.717) is 6.54 Å². The SMILES string of the molecule is CCN1CCCc2cc(CCNC(=O)NC(c3ccccc3)c3ccccc3)ccc21. The first kappa shape index (κ1) is 21.0. The lowest BCUT2D eigenvalue weighted by molar-refractivity contribution is 0.239. The quantitative estimate of drug-likeness (QED) is 0.567. The van der Waals surface area contributed by atoms with Crippen molar-refractivity contribution >= 4 is 11.7 Å². The van der Waals surface area contributed by atoms with E-state index < -0.39 is 0 Å². The number of amides is 2. The summed E-state index contributed by atoms with van der Waals surface area (Å²) >= 11 is 0. The normalized spacial score (nSPS) is 13.0. The van der Waals surface area contributed by atoms with E-state index >= 15 is 0 Å². The summed E-state index contributed by atoms with van der Waals surface area (Å²) in [5.41, 5.74) is 6.22. The van der Waals surface area contributed by atoms with Crippen LogP contribution in [0.4, 0.5) is 10.5 Å². The first-order valence-electron chi connectivity index (χ1n) is 11.3. The van der Waals surface area contributed by atoms with Crippen molar-refractivity contribution in [1.82, 2.24) is 10.6 Å². The molecule has 0 unspecified atom stereocenters. The molecule has 31 heavy (non-hydrogen) atoms. The van der Waals surface area contributed by atoms with Gasteiger partial charge < -0.3 is 15.5 Å². The average molecular weight is 414 g/mol. The number of fused-ring (bicyclic) bond motifs is 1. The first-order valence-corrected chi connectivity index (χ1v) is 11.3. The molecule has 3 aromatic carbocycles. The number of nitrogens with zero attached hydrogens (tertiary/aromatic N) is 1. The Morgan fingerprint density at radius 1 is 0.968 bits per heavy atom. The lowest BCUT2D eigenvalue weighted by atomic mass is 9.98. The van der Waals surface area contributed by atoms with E-state index in [4.69, 9.17) is 0 Å². The number of rotatable bonds is 7. The molecule has 0 saturated heterocycles. The summed E-state index contributed by atoms with van der Waals surface area (Å²) in [5, 5.41) is 6.18. The van der Waals surface area contributed by atoms with Crippen molar-refractivity contribution in [1.29, 1.82) is 0 Å². The molecule has 3 aromatic rings. The number of aryl methyl sites for hydroxylation is 1. The molecule has 1 aliphatic heterocycles. The largest absolute Gasteiger partial charge is 0.372 e. The zero-order valence-electron chi connectivity index (χ0n) is 18.2. The highest BCUT2D eigenvalue weighted by Gasteiger charge is 2.17. The van der Waals surface area contributed by atoms with E-state index in [1.807, 2.05) is 60.7 Å². The molecule has 0 aliphatic carbocycles. The Morgan fingerprint density at radius 2 is 1.65 bits per heavy atom. The van der Waals surface area contributed by atoms with E-state index in [0.717, 1.165) is 37.1 Å². The first-order chi connectivity index (χ1) is 15.2. The predicted molar refractivity (Wildman–Crippen MR) is 128 cm³/mol. The Balaban J connectivity index is 1.36. The van der Waals surface area contributed by atoms with E-state index in [2.05, 4.69) is 40.7 Å². The Hall–Kier alpha value is -3.27. The molecule has 1 aliphatic rings. The van der Waals surface area contributed by atoms with Gasteiger partial charge in [0.15, 0.2) is 0 Å². The molecule has 0 saturated carbocycles. The molecular formula is C27H31N3O. The van der Waals surface area contributed by atoms with Gasteiger partial charge in [-0.15, -0.1) is 0 Å². The fraction of sp³-hybridized carbons (Fsp3) is 0.296. The highest BCUT2D eigenvalue weighted by Crippen LogP contribution is 2.28. The van der Waals surface area contributed by atoms with Crippen LogP contribution in [-0.2, 0) is 12.8 Å². The van der Waals surface area contributed by atoms with Crippen LogP contribution in [0.15, 0.2) is 78.9 Å². The maximum absolute atomic E-state index is 12.7. The number of carbonyl (C=O) groups is 1. The van der Waals surface area contributed by atoms with Crippen LogP contribution < -0.4 is 15.5 Å². The number of anilines is 1. The van der Waals surface area contributed by atoms with Crippen molar-refractivity contribution in [3.63, 3.8) is 0 Å². The minimum atomic E-state index is -0.175.